The zero-order valence-electron chi connectivity index (χ0n) is 18.2. The van der Waals surface area contributed by atoms with Gasteiger partial charge < -0.3 is 10.5 Å². The second-order valence-corrected chi connectivity index (χ2v) is 6.29. The maximum Gasteiger partial charge on any atom is 0.305 e. The first-order valence-electron chi connectivity index (χ1n) is 9.34. The molecule has 170 valence electrons. The summed E-state index contributed by atoms with van der Waals surface area (Å²) in [6, 6.07) is 9.47. The van der Waals surface area contributed by atoms with Crippen LogP contribution in [0.5, 0.6) is 0 Å². The average Bonchev–Trinajstić information content (AvgIpc) is 2.73. The van der Waals surface area contributed by atoms with E-state index < -0.39 is 22.2 Å². The zero-order chi connectivity index (χ0) is 24.8. The van der Waals surface area contributed by atoms with Crippen molar-refractivity contribution in [2.24, 2.45) is 0 Å². The van der Waals surface area contributed by atoms with Crippen molar-refractivity contribution in [1.29, 1.82) is 10.5 Å². The number of anilines is 1. The summed E-state index contributed by atoms with van der Waals surface area (Å²) in [5, 5.41) is 27.2. The fourth-order valence-electron chi connectivity index (χ4n) is 2.35. The first-order chi connectivity index (χ1) is 15.0. The van der Waals surface area contributed by atoms with Crippen LogP contribution in [0.15, 0.2) is 24.3 Å². The second-order valence-electron chi connectivity index (χ2n) is 6.29. The third-order valence-electron chi connectivity index (χ3n) is 4.09. The van der Waals surface area contributed by atoms with Crippen LogP contribution in [0.1, 0.15) is 36.1 Å². The fraction of sp³-hybridized carbons (Fsp3) is 0.318. The third kappa shape index (κ3) is 8.76. The predicted octanol–water partition coefficient (Wildman–Crippen LogP) is 4.46. The summed E-state index contributed by atoms with van der Waals surface area (Å²) in [4.78, 5) is 19.4. The molecule has 0 aromatic heterocycles. The van der Waals surface area contributed by atoms with Gasteiger partial charge in [0.25, 0.3) is 0 Å². The quantitative estimate of drug-likeness (QED) is 0.316. The lowest BCUT2D eigenvalue weighted by Crippen LogP contribution is -1.98. The lowest BCUT2D eigenvalue weighted by molar-refractivity contribution is -0.387. The number of halogens is 2. The van der Waals surface area contributed by atoms with Crippen LogP contribution < -0.4 is 5.73 Å². The number of rotatable bonds is 4. The van der Waals surface area contributed by atoms with E-state index in [1.54, 1.807) is 19.9 Å². The normalized spacial score (nSPS) is 9.12. The highest BCUT2D eigenvalue weighted by molar-refractivity contribution is 5.65. The molecule has 2 rings (SSSR count). The molecule has 0 bridgehead atoms. The van der Waals surface area contributed by atoms with Crippen LogP contribution >= 0.6 is 0 Å². The number of carbonyl (C=O) groups is 1. The van der Waals surface area contributed by atoms with Gasteiger partial charge in [-0.25, -0.2) is 4.39 Å². The van der Waals surface area contributed by atoms with Crippen LogP contribution in [-0.4, -0.2) is 17.5 Å². The molecule has 0 atom stereocenters. The van der Waals surface area contributed by atoms with Gasteiger partial charge in [-0.15, -0.1) is 0 Å². The molecule has 2 aromatic rings. The summed E-state index contributed by atoms with van der Waals surface area (Å²) < 4.78 is 30.8. The van der Waals surface area contributed by atoms with Crippen LogP contribution in [0, 0.1) is 58.3 Å². The number of nitriles is 2. The Morgan fingerprint density at radius 2 is 1.53 bits per heavy atom. The minimum absolute atomic E-state index is 0.0563. The highest BCUT2D eigenvalue weighted by Crippen LogP contribution is 2.23. The molecule has 0 heterocycles. The molecule has 0 fully saturated rings. The van der Waals surface area contributed by atoms with E-state index in [1.165, 1.54) is 26.0 Å². The smallest absolute Gasteiger partial charge is 0.305 e. The van der Waals surface area contributed by atoms with E-state index in [-0.39, 0.29) is 30.1 Å². The Morgan fingerprint density at radius 1 is 1.06 bits per heavy atom. The monoisotopic (exact) mass is 446 g/mol. The first kappa shape index (κ1) is 27.9. The number of nitrogen functional groups attached to an aromatic ring is 1. The summed E-state index contributed by atoms with van der Waals surface area (Å²) in [6.07, 6.45) is 0.282. The minimum Gasteiger partial charge on any atom is -0.466 e. The maximum atomic E-state index is 13.3. The standard InChI is InChI=1S/C9H7FN2O2.C9H9FN2.C4H8O2/c1-6-7(4-5-11)2-3-8(9(6)10)12(13)14;1-6-7(4-5-11)2-3-8(12)9(6)10;1-3-6-4(2)5/h2-3H,4H2,1H3;2-3H,4,12H2,1H3;3H2,1-2H3. The van der Waals surface area contributed by atoms with Crippen molar-refractivity contribution in [3.63, 3.8) is 0 Å². The van der Waals surface area contributed by atoms with Crippen molar-refractivity contribution < 1.29 is 23.2 Å². The lowest BCUT2D eigenvalue weighted by Gasteiger charge is -2.04. The molecule has 0 spiro atoms. The number of nitro benzene ring substituents is 1. The molecule has 0 saturated heterocycles. The fourth-order valence-corrected chi connectivity index (χ4v) is 2.35. The van der Waals surface area contributed by atoms with Crippen LogP contribution in [0.3, 0.4) is 0 Å². The van der Waals surface area contributed by atoms with Crippen LogP contribution in [-0.2, 0) is 22.4 Å². The van der Waals surface area contributed by atoms with Gasteiger partial charge in [0.15, 0.2) is 0 Å². The summed E-state index contributed by atoms with van der Waals surface area (Å²) >= 11 is 0. The summed E-state index contributed by atoms with van der Waals surface area (Å²) in [7, 11) is 0. The van der Waals surface area contributed by atoms with E-state index in [0.29, 0.717) is 23.3 Å². The molecule has 2 N–H and O–H groups in total. The van der Waals surface area contributed by atoms with E-state index in [2.05, 4.69) is 4.74 Å². The molecule has 0 aliphatic rings. The number of ether oxygens (including phenoxy) is 1. The van der Waals surface area contributed by atoms with E-state index in [4.69, 9.17) is 16.3 Å². The summed E-state index contributed by atoms with van der Waals surface area (Å²) in [6.45, 7) is 6.70. The number of nitrogens with two attached hydrogens (primary N) is 1. The SMILES string of the molecule is CCOC(C)=O.Cc1c(CC#N)ccc(N)c1F.Cc1c(CC#N)ccc([N+](=O)[O-])c1F. The lowest BCUT2D eigenvalue weighted by atomic mass is 10.1. The van der Waals surface area contributed by atoms with Gasteiger partial charge in [-0.05, 0) is 49.1 Å². The Labute approximate surface area is 185 Å². The average molecular weight is 446 g/mol. The molecule has 0 unspecified atom stereocenters. The van der Waals surface area contributed by atoms with Gasteiger partial charge in [0, 0.05) is 13.0 Å². The van der Waals surface area contributed by atoms with E-state index in [1.807, 2.05) is 12.1 Å². The van der Waals surface area contributed by atoms with Crippen molar-refractivity contribution >= 4 is 17.3 Å². The Kier molecular flexibility index (Phi) is 12.3. The number of nitro groups is 1. The Morgan fingerprint density at radius 3 is 1.91 bits per heavy atom. The van der Waals surface area contributed by atoms with Crippen LogP contribution in [0.25, 0.3) is 0 Å². The highest BCUT2D eigenvalue weighted by atomic mass is 19.1. The predicted molar refractivity (Wildman–Crippen MR) is 114 cm³/mol. The summed E-state index contributed by atoms with van der Waals surface area (Å²) in [5.74, 6) is -1.48. The number of hydrogen-bond donors (Lipinski definition) is 1. The Balaban J connectivity index is 0.000000487. The molecule has 0 aliphatic carbocycles. The number of benzene rings is 2. The minimum atomic E-state index is -0.859. The molecule has 0 amide bonds. The zero-order valence-corrected chi connectivity index (χ0v) is 18.2. The molecule has 0 aliphatic heterocycles. The molecule has 10 heteroatoms. The van der Waals surface area contributed by atoms with E-state index >= 15 is 0 Å². The van der Waals surface area contributed by atoms with Gasteiger partial charge in [-0.2, -0.15) is 14.9 Å². The number of carbonyl (C=O) groups excluding carboxylic acids is 1. The largest absolute Gasteiger partial charge is 0.466 e. The first-order valence-corrected chi connectivity index (χ1v) is 9.34. The van der Waals surface area contributed by atoms with Crippen LogP contribution in [0.2, 0.25) is 0 Å². The second kappa shape index (κ2) is 14.0. The van der Waals surface area contributed by atoms with E-state index in [9.17, 15) is 23.7 Å². The third-order valence-corrected chi connectivity index (χ3v) is 4.09. The van der Waals surface area contributed by atoms with Crippen molar-refractivity contribution in [2.75, 3.05) is 12.3 Å². The Bertz CT molecular complexity index is 1040. The topological polar surface area (TPSA) is 143 Å². The van der Waals surface area contributed by atoms with E-state index in [0.717, 1.165) is 6.07 Å². The molecule has 0 radical (unpaired) electrons. The van der Waals surface area contributed by atoms with Crippen molar-refractivity contribution in [2.45, 2.75) is 40.5 Å². The number of esters is 1. The molecule has 2 aromatic carbocycles. The molecular weight excluding hydrogens is 422 g/mol. The highest BCUT2D eigenvalue weighted by Gasteiger charge is 2.17. The van der Waals surface area contributed by atoms with Gasteiger partial charge in [0.2, 0.25) is 5.82 Å². The number of hydrogen-bond acceptors (Lipinski definition) is 7. The molecule has 8 nitrogen and oxygen atoms in total. The van der Waals surface area contributed by atoms with Crippen molar-refractivity contribution in [3.8, 4) is 12.1 Å². The van der Waals surface area contributed by atoms with Gasteiger partial charge in [0.1, 0.15) is 5.82 Å². The van der Waals surface area contributed by atoms with Crippen molar-refractivity contribution in [3.05, 3.63) is 68.3 Å². The molecule has 0 saturated carbocycles. The van der Waals surface area contributed by atoms with Crippen LogP contribution in [0.4, 0.5) is 20.2 Å². The Hall–Kier alpha value is -4.05. The maximum absolute atomic E-state index is 13.3. The number of nitrogens with zero attached hydrogens (tertiary/aromatic N) is 3. The van der Waals surface area contributed by atoms with Gasteiger partial charge >= 0.3 is 11.7 Å². The van der Waals surface area contributed by atoms with Gasteiger partial charge in [0.05, 0.1) is 42.2 Å². The molecule has 32 heavy (non-hydrogen) atoms. The van der Waals surface area contributed by atoms with Gasteiger partial charge in [-0.3, -0.25) is 14.9 Å². The summed E-state index contributed by atoms with van der Waals surface area (Å²) in [5.41, 5.74) is 6.73. The van der Waals surface area contributed by atoms with Gasteiger partial charge in [-0.1, -0.05) is 12.1 Å². The molecular formula is C22H24F2N4O4. The van der Waals surface area contributed by atoms with Crippen molar-refractivity contribution in [1.82, 2.24) is 0 Å².